The quantitative estimate of drug-likeness (QED) is 0.657. The Bertz CT molecular complexity index is 781. The lowest BCUT2D eigenvalue weighted by Gasteiger charge is -2.20. The summed E-state index contributed by atoms with van der Waals surface area (Å²) in [6.45, 7) is 0. The topological polar surface area (TPSA) is 24.9 Å². The van der Waals surface area contributed by atoms with Crippen molar-refractivity contribution in [2.75, 3.05) is 7.05 Å². The zero-order valence-electron chi connectivity index (χ0n) is 11.5. The van der Waals surface area contributed by atoms with E-state index >= 15 is 0 Å². The summed E-state index contributed by atoms with van der Waals surface area (Å²) in [6, 6.07) is 16.7. The smallest absolute Gasteiger partial charge is 0.0705 e. The largest absolute Gasteiger partial charge is 0.309 e. The van der Waals surface area contributed by atoms with Gasteiger partial charge in [-0.15, -0.1) is 0 Å². The minimum absolute atomic E-state index is 0.102. The molecule has 21 heavy (non-hydrogen) atoms. The van der Waals surface area contributed by atoms with E-state index in [1.165, 1.54) is 16.5 Å². The summed E-state index contributed by atoms with van der Waals surface area (Å²) < 4.78 is 2.16. The van der Waals surface area contributed by atoms with E-state index in [0.717, 1.165) is 14.5 Å². The lowest BCUT2D eigenvalue weighted by Crippen LogP contribution is -2.18. The van der Waals surface area contributed by atoms with Crippen LogP contribution in [0.15, 0.2) is 63.7 Å². The molecule has 0 saturated heterocycles. The van der Waals surface area contributed by atoms with Crippen molar-refractivity contribution >= 4 is 42.8 Å². The van der Waals surface area contributed by atoms with E-state index in [1.807, 2.05) is 31.4 Å². The Kier molecular flexibility index (Phi) is 4.38. The van der Waals surface area contributed by atoms with Crippen LogP contribution in [-0.4, -0.2) is 12.0 Å². The summed E-state index contributed by atoms with van der Waals surface area (Å²) in [4.78, 5) is 4.44. The van der Waals surface area contributed by atoms with Gasteiger partial charge in [0.2, 0.25) is 0 Å². The highest BCUT2D eigenvalue weighted by molar-refractivity contribution is 9.11. The van der Waals surface area contributed by atoms with Crippen molar-refractivity contribution < 1.29 is 0 Å². The summed E-state index contributed by atoms with van der Waals surface area (Å²) >= 11 is 7.21. The van der Waals surface area contributed by atoms with Crippen molar-refractivity contribution in [1.82, 2.24) is 10.3 Å². The number of rotatable bonds is 3. The standard InChI is InChI=1S/C17H14Br2N2/c1-20-17(14-10-11(18)7-8-15(14)19)13-4-2-6-16-12(13)5-3-9-21-16/h2-10,17,20H,1H3. The fourth-order valence-corrected chi connectivity index (χ4v) is 3.45. The molecule has 1 heterocycles. The second-order valence-electron chi connectivity index (χ2n) is 4.80. The summed E-state index contributed by atoms with van der Waals surface area (Å²) in [5.74, 6) is 0. The molecule has 0 radical (unpaired) electrons. The summed E-state index contributed by atoms with van der Waals surface area (Å²) in [5.41, 5.74) is 3.44. The van der Waals surface area contributed by atoms with Gasteiger partial charge in [0.05, 0.1) is 11.6 Å². The monoisotopic (exact) mass is 404 g/mol. The Morgan fingerprint density at radius 3 is 2.67 bits per heavy atom. The number of hydrogen-bond donors (Lipinski definition) is 1. The zero-order valence-corrected chi connectivity index (χ0v) is 14.6. The van der Waals surface area contributed by atoms with Gasteiger partial charge in [0.1, 0.15) is 0 Å². The highest BCUT2D eigenvalue weighted by atomic mass is 79.9. The van der Waals surface area contributed by atoms with Gasteiger partial charge in [-0.25, -0.2) is 0 Å². The van der Waals surface area contributed by atoms with Crippen LogP contribution in [0.25, 0.3) is 10.9 Å². The molecule has 1 N–H and O–H groups in total. The normalized spacial score (nSPS) is 12.5. The van der Waals surface area contributed by atoms with Crippen LogP contribution in [0.2, 0.25) is 0 Å². The van der Waals surface area contributed by atoms with E-state index in [-0.39, 0.29) is 6.04 Å². The number of halogens is 2. The van der Waals surface area contributed by atoms with Crippen LogP contribution >= 0.6 is 31.9 Å². The molecule has 0 fully saturated rings. The van der Waals surface area contributed by atoms with E-state index in [9.17, 15) is 0 Å². The van der Waals surface area contributed by atoms with Gasteiger partial charge in [-0.1, -0.05) is 50.1 Å². The molecule has 1 aromatic heterocycles. The molecule has 0 saturated carbocycles. The maximum atomic E-state index is 4.44. The second-order valence-corrected chi connectivity index (χ2v) is 6.57. The Hall–Kier alpha value is -1.23. The predicted molar refractivity (Wildman–Crippen MR) is 94.5 cm³/mol. The maximum Gasteiger partial charge on any atom is 0.0705 e. The molecular weight excluding hydrogens is 392 g/mol. The number of hydrogen-bond acceptors (Lipinski definition) is 2. The molecule has 2 nitrogen and oxygen atoms in total. The molecule has 4 heteroatoms. The number of nitrogens with one attached hydrogen (secondary N) is 1. The number of nitrogens with zero attached hydrogens (tertiary/aromatic N) is 1. The van der Waals surface area contributed by atoms with Crippen LogP contribution in [0.5, 0.6) is 0 Å². The molecule has 3 aromatic rings. The van der Waals surface area contributed by atoms with Crippen molar-refractivity contribution in [2.24, 2.45) is 0 Å². The summed E-state index contributed by atoms with van der Waals surface area (Å²) in [6.07, 6.45) is 1.83. The molecular formula is C17H14Br2N2. The molecule has 0 aliphatic heterocycles. The second kappa shape index (κ2) is 6.26. The lowest BCUT2D eigenvalue weighted by atomic mass is 9.95. The molecule has 0 aliphatic carbocycles. The molecule has 0 bridgehead atoms. The molecule has 2 aromatic carbocycles. The van der Waals surface area contributed by atoms with Crippen LogP contribution in [0.1, 0.15) is 17.2 Å². The first-order chi connectivity index (χ1) is 10.2. The maximum absolute atomic E-state index is 4.44. The first kappa shape index (κ1) is 14.7. The Morgan fingerprint density at radius 1 is 1.00 bits per heavy atom. The van der Waals surface area contributed by atoms with Crippen LogP contribution in [-0.2, 0) is 0 Å². The molecule has 0 aliphatic rings. The van der Waals surface area contributed by atoms with Gasteiger partial charge in [-0.2, -0.15) is 0 Å². The Balaban J connectivity index is 2.21. The van der Waals surface area contributed by atoms with Crippen LogP contribution in [0.3, 0.4) is 0 Å². The first-order valence-electron chi connectivity index (χ1n) is 6.66. The van der Waals surface area contributed by atoms with Gasteiger partial charge >= 0.3 is 0 Å². The van der Waals surface area contributed by atoms with Gasteiger partial charge in [-0.3, -0.25) is 4.98 Å². The van der Waals surface area contributed by atoms with Crippen molar-refractivity contribution in [3.8, 4) is 0 Å². The molecule has 1 unspecified atom stereocenters. The molecule has 106 valence electrons. The van der Waals surface area contributed by atoms with Gasteiger partial charge in [-0.05, 0) is 48.5 Å². The average molecular weight is 406 g/mol. The van der Waals surface area contributed by atoms with Crippen molar-refractivity contribution in [3.63, 3.8) is 0 Å². The van der Waals surface area contributed by atoms with E-state index in [1.54, 1.807) is 0 Å². The lowest BCUT2D eigenvalue weighted by molar-refractivity contribution is 0.693. The Labute approximate surface area is 140 Å². The molecule has 0 spiro atoms. The SMILES string of the molecule is CNC(c1cc(Br)ccc1Br)c1cccc2ncccc12. The third-order valence-electron chi connectivity index (χ3n) is 3.55. The van der Waals surface area contributed by atoms with Crippen molar-refractivity contribution in [1.29, 1.82) is 0 Å². The van der Waals surface area contributed by atoms with Gasteiger partial charge in [0, 0.05) is 20.5 Å². The van der Waals surface area contributed by atoms with Gasteiger partial charge in [0.25, 0.3) is 0 Å². The van der Waals surface area contributed by atoms with Gasteiger partial charge in [0.15, 0.2) is 0 Å². The van der Waals surface area contributed by atoms with Crippen LogP contribution in [0, 0.1) is 0 Å². The number of aromatic nitrogens is 1. The van der Waals surface area contributed by atoms with E-state index < -0.39 is 0 Å². The fourth-order valence-electron chi connectivity index (χ4n) is 2.59. The summed E-state index contributed by atoms with van der Waals surface area (Å²) in [7, 11) is 1.98. The summed E-state index contributed by atoms with van der Waals surface area (Å²) in [5, 5.41) is 4.59. The fraction of sp³-hybridized carbons (Fsp3) is 0.118. The molecule has 0 amide bonds. The van der Waals surface area contributed by atoms with Crippen LogP contribution in [0.4, 0.5) is 0 Å². The highest BCUT2D eigenvalue weighted by Crippen LogP contribution is 2.33. The molecule has 3 rings (SSSR count). The van der Waals surface area contributed by atoms with E-state index in [2.05, 4.69) is 72.5 Å². The predicted octanol–water partition coefficient (Wildman–Crippen LogP) is 5.07. The average Bonchev–Trinajstić information content (AvgIpc) is 2.51. The number of pyridine rings is 1. The van der Waals surface area contributed by atoms with Crippen molar-refractivity contribution in [3.05, 3.63) is 74.8 Å². The third kappa shape index (κ3) is 2.89. The number of fused-ring (bicyclic) bond motifs is 1. The first-order valence-corrected chi connectivity index (χ1v) is 8.25. The zero-order chi connectivity index (χ0) is 14.8. The minimum Gasteiger partial charge on any atom is -0.309 e. The molecule has 1 atom stereocenters. The highest BCUT2D eigenvalue weighted by Gasteiger charge is 2.17. The van der Waals surface area contributed by atoms with E-state index in [0.29, 0.717) is 0 Å². The number of benzene rings is 2. The van der Waals surface area contributed by atoms with Gasteiger partial charge < -0.3 is 5.32 Å². The third-order valence-corrected chi connectivity index (χ3v) is 4.76. The van der Waals surface area contributed by atoms with Crippen molar-refractivity contribution in [2.45, 2.75) is 6.04 Å². The van der Waals surface area contributed by atoms with E-state index in [4.69, 9.17) is 0 Å². The Morgan fingerprint density at radius 2 is 1.86 bits per heavy atom. The minimum atomic E-state index is 0.102. The van der Waals surface area contributed by atoms with Crippen LogP contribution < -0.4 is 5.32 Å².